The molecule has 0 aliphatic heterocycles. The molecule has 0 fully saturated rings. The third-order valence-electron chi connectivity index (χ3n) is 2.43. The zero-order valence-electron chi connectivity index (χ0n) is 10.4. The van der Waals surface area contributed by atoms with Gasteiger partial charge in [-0.15, -0.1) is 0 Å². The number of nitriles is 1. The summed E-state index contributed by atoms with van der Waals surface area (Å²) in [6.45, 7) is 4.10. The standard InChI is InChI=1S/C14H16N4/c1-3-11(10-16)8-13(17-2)14-9-12(4-6-15)5-7-18-14/h3,5,7-9H,1,4,10,16H2,2H3/b11-8+,17-13?. The van der Waals surface area contributed by atoms with Crippen LogP contribution < -0.4 is 5.73 Å². The summed E-state index contributed by atoms with van der Waals surface area (Å²) in [7, 11) is 1.70. The average molecular weight is 240 g/mol. The van der Waals surface area contributed by atoms with E-state index in [-0.39, 0.29) is 0 Å². The molecule has 92 valence electrons. The topological polar surface area (TPSA) is 75.1 Å². The Morgan fingerprint density at radius 1 is 1.67 bits per heavy atom. The number of hydrogen-bond donors (Lipinski definition) is 1. The molecule has 0 radical (unpaired) electrons. The third kappa shape index (κ3) is 3.65. The molecule has 18 heavy (non-hydrogen) atoms. The maximum absolute atomic E-state index is 8.69. The van der Waals surface area contributed by atoms with Crippen molar-refractivity contribution < 1.29 is 0 Å². The van der Waals surface area contributed by atoms with Crippen molar-refractivity contribution in [2.75, 3.05) is 13.6 Å². The first-order chi connectivity index (χ1) is 8.74. The minimum atomic E-state index is 0.363. The maximum Gasteiger partial charge on any atom is 0.0884 e. The minimum Gasteiger partial charge on any atom is -0.326 e. The molecule has 2 N–H and O–H groups in total. The summed E-state index contributed by atoms with van der Waals surface area (Å²) >= 11 is 0. The molecule has 0 saturated carbocycles. The highest BCUT2D eigenvalue weighted by Crippen LogP contribution is 2.07. The maximum atomic E-state index is 8.69. The molecule has 0 spiro atoms. The molecule has 0 unspecified atom stereocenters. The molecule has 0 amide bonds. The molecule has 0 atom stereocenters. The van der Waals surface area contributed by atoms with Crippen molar-refractivity contribution in [3.63, 3.8) is 0 Å². The van der Waals surface area contributed by atoms with Crippen LogP contribution in [0.5, 0.6) is 0 Å². The number of aromatic nitrogens is 1. The van der Waals surface area contributed by atoms with Crippen LogP contribution in [0.4, 0.5) is 0 Å². The van der Waals surface area contributed by atoms with Crippen molar-refractivity contribution >= 4 is 5.71 Å². The van der Waals surface area contributed by atoms with Crippen LogP contribution in [0, 0.1) is 11.3 Å². The van der Waals surface area contributed by atoms with Gasteiger partial charge in [-0.3, -0.25) is 9.98 Å². The van der Waals surface area contributed by atoms with E-state index < -0.39 is 0 Å². The summed E-state index contributed by atoms with van der Waals surface area (Å²) < 4.78 is 0. The molecular weight excluding hydrogens is 224 g/mol. The number of hydrogen-bond acceptors (Lipinski definition) is 4. The van der Waals surface area contributed by atoms with Gasteiger partial charge in [-0.2, -0.15) is 5.26 Å². The Hall–Kier alpha value is -2.25. The number of rotatable bonds is 5. The second-order valence-electron chi connectivity index (χ2n) is 3.62. The minimum absolute atomic E-state index is 0.363. The molecule has 4 heteroatoms. The predicted molar refractivity (Wildman–Crippen MR) is 73.3 cm³/mol. The van der Waals surface area contributed by atoms with E-state index in [0.717, 1.165) is 22.5 Å². The van der Waals surface area contributed by atoms with Crippen LogP contribution in [-0.4, -0.2) is 24.3 Å². The average Bonchev–Trinajstić information content (AvgIpc) is 2.41. The van der Waals surface area contributed by atoms with Crippen LogP contribution in [-0.2, 0) is 6.42 Å². The molecular formula is C14H16N4. The van der Waals surface area contributed by atoms with Gasteiger partial charge in [0.25, 0.3) is 0 Å². The van der Waals surface area contributed by atoms with Crippen molar-refractivity contribution in [2.45, 2.75) is 6.42 Å². The predicted octanol–water partition coefficient (Wildman–Crippen LogP) is 1.64. The third-order valence-corrected chi connectivity index (χ3v) is 2.43. The lowest BCUT2D eigenvalue weighted by atomic mass is 10.1. The van der Waals surface area contributed by atoms with Gasteiger partial charge in [0, 0.05) is 19.8 Å². The molecule has 0 bridgehead atoms. The fourth-order valence-corrected chi connectivity index (χ4v) is 1.45. The number of aliphatic imine (C=N–C) groups is 1. The van der Waals surface area contributed by atoms with Gasteiger partial charge >= 0.3 is 0 Å². The van der Waals surface area contributed by atoms with Gasteiger partial charge in [-0.1, -0.05) is 12.7 Å². The molecule has 1 heterocycles. The lowest BCUT2D eigenvalue weighted by molar-refractivity contribution is 1.18. The summed E-state index contributed by atoms with van der Waals surface area (Å²) in [4.78, 5) is 8.44. The van der Waals surface area contributed by atoms with Crippen LogP contribution in [0.15, 0.2) is 47.6 Å². The Morgan fingerprint density at radius 2 is 2.44 bits per heavy atom. The Kier molecular flexibility index (Phi) is 5.49. The normalized spacial score (nSPS) is 12.1. The van der Waals surface area contributed by atoms with Gasteiger partial charge in [0.2, 0.25) is 0 Å². The lowest BCUT2D eigenvalue weighted by Gasteiger charge is -2.04. The van der Waals surface area contributed by atoms with Gasteiger partial charge in [-0.05, 0) is 29.3 Å². The van der Waals surface area contributed by atoms with Crippen molar-refractivity contribution in [3.8, 4) is 6.07 Å². The van der Waals surface area contributed by atoms with Gasteiger partial charge in [0.1, 0.15) is 0 Å². The highest BCUT2D eigenvalue weighted by atomic mass is 14.8. The highest BCUT2D eigenvalue weighted by molar-refractivity contribution is 6.08. The Bertz CT molecular complexity index is 521. The fraction of sp³-hybridized carbons (Fsp3) is 0.214. The fourth-order valence-electron chi connectivity index (χ4n) is 1.45. The van der Waals surface area contributed by atoms with Crippen molar-refractivity contribution in [2.24, 2.45) is 10.7 Å². The van der Waals surface area contributed by atoms with E-state index in [4.69, 9.17) is 11.0 Å². The molecule has 0 aromatic carbocycles. The Balaban J connectivity index is 3.11. The molecule has 0 saturated heterocycles. The second-order valence-corrected chi connectivity index (χ2v) is 3.62. The van der Waals surface area contributed by atoms with E-state index in [0.29, 0.717) is 13.0 Å². The van der Waals surface area contributed by atoms with E-state index >= 15 is 0 Å². The van der Waals surface area contributed by atoms with Gasteiger partial charge in [-0.25, -0.2) is 0 Å². The van der Waals surface area contributed by atoms with E-state index in [1.807, 2.05) is 18.2 Å². The quantitative estimate of drug-likeness (QED) is 0.628. The van der Waals surface area contributed by atoms with Crippen LogP contribution >= 0.6 is 0 Å². The lowest BCUT2D eigenvalue weighted by Crippen LogP contribution is -2.07. The van der Waals surface area contributed by atoms with E-state index in [1.54, 1.807) is 19.3 Å². The molecule has 1 aromatic rings. The van der Waals surface area contributed by atoms with Crippen molar-refractivity contribution in [1.82, 2.24) is 4.98 Å². The number of nitrogens with two attached hydrogens (primary N) is 1. The summed E-state index contributed by atoms with van der Waals surface area (Å²) in [5.74, 6) is 0. The monoisotopic (exact) mass is 240 g/mol. The summed E-state index contributed by atoms with van der Waals surface area (Å²) in [6, 6.07) is 5.79. The number of allylic oxidation sites excluding steroid dienone is 1. The van der Waals surface area contributed by atoms with Gasteiger partial charge in [0.05, 0.1) is 23.9 Å². The Morgan fingerprint density at radius 3 is 3.00 bits per heavy atom. The van der Waals surface area contributed by atoms with Crippen LogP contribution in [0.1, 0.15) is 11.3 Å². The zero-order valence-corrected chi connectivity index (χ0v) is 10.4. The van der Waals surface area contributed by atoms with Gasteiger partial charge < -0.3 is 5.73 Å². The molecule has 1 rings (SSSR count). The first-order valence-electron chi connectivity index (χ1n) is 5.57. The van der Waals surface area contributed by atoms with Crippen LogP contribution in [0.25, 0.3) is 0 Å². The number of pyridine rings is 1. The first-order valence-corrected chi connectivity index (χ1v) is 5.57. The molecule has 4 nitrogen and oxygen atoms in total. The zero-order chi connectivity index (χ0) is 13.4. The van der Waals surface area contributed by atoms with Crippen molar-refractivity contribution in [3.05, 3.63) is 53.9 Å². The largest absolute Gasteiger partial charge is 0.326 e. The second kappa shape index (κ2) is 7.15. The summed E-state index contributed by atoms with van der Waals surface area (Å²) in [6.07, 6.45) is 5.59. The number of nitrogens with zero attached hydrogens (tertiary/aromatic N) is 3. The van der Waals surface area contributed by atoms with E-state index in [1.165, 1.54) is 0 Å². The summed E-state index contributed by atoms with van der Waals surface area (Å²) in [5.41, 5.74) is 8.86. The van der Waals surface area contributed by atoms with E-state index in [2.05, 4.69) is 22.6 Å². The molecule has 1 aromatic heterocycles. The smallest absolute Gasteiger partial charge is 0.0884 e. The first kappa shape index (κ1) is 13.8. The van der Waals surface area contributed by atoms with Crippen LogP contribution in [0.3, 0.4) is 0 Å². The van der Waals surface area contributed by atoms with E-state index in [9.17, 15) is 0 Å². The highest BCUT2D eigenvalue weighted by Gasteiger charge is 2.03. The Labute approximate surface area is 107 Å². The van der Waals surface area contributed by atoms with Gasteiger partial charge in [0.15, 0.2) is 0 Å². The SMILES string of the molecule is C=C/C(=C\C(=NC)c1cc(CC#N)ccn1)CN. The van der Waals surface area contributed by atoms with Crippen LogP contribution in [0.2, 0.25) is 0 Å². The summed E-state index contributed by atoms with van der Waals surface area (Å²) in [5, 5.41) is 8.69. The molecule has 0 aliphatic rings. The molecule has 0 aliphatic carbocycles. The van der Waals surface area contributed by atoms with Crippen molar-refractivity contribution in [1.29, 1.82) is 5.26 Å².